The van der Waals surface area contributed by atoms with Gasteiger partial charge in [-0.05, 0) is 24.5 Å². The molecule has 0 spiro atoms. The van der Waals surface area contributed by atoms with Crippen LogP contribution < -0.4 is 10.6 Å². The molecule has 0 atom stereocenters. The molecule has 2 heterocycles. The molecular weight excluding hydrogens is 404 g/mol. The first-order chi connectivity index (χ1) is 14.2. The second-order valence-electron chi connectivity index (χ2n) is 6.98. The van der Waals surface area contributed by atoms with Crippen LogP contribution in [0, 0.1) is 0 Å². The molecule has 3 aromatic rings. The summed E-state index contributed by atoms with van der Waals surface area (Å²) >= 11 is 3.14. The van der Waals surface area contributed by atoms with Crippen LogP contribution in [0.15, 0.2) is 47.8 Å². The fourth-order valence-corrected chi connectivity index (χ4v) is 5.40. The van der Waals surface area contributed by atoms with Crippen molar-refractivity contribution in [2.24, 2.45) is 0 Å². The zero-order valence-corrected chi connectivity index (χ0v) is 17.5. The van der Waals surface area contributed by atoms with Gasteiger partial charge in [-0.15, -0.1) is 23.1 Å². The number of hydrogen-bond donors (Lipinski definition) is 2. The quantitative estimate of drug-likeness (QED) is 0.444. The van der Waals surface area contributed by atoms with Crippen LogP contribution in [0.2, 0.25) is 0 Å². The van der Waals surface area contributed by atoms with E-state index in [0.29, 0.717) is 5.75 Å². The molecule has 6 nitrogen and oxygen atoms in total. The Labute approximate surface area is 177 Å². The third-order valence-corrected chi connectivity index (χ3v) is 6.96. The van der Waals surface area contributed by atoms with Crippen LogP contribution in [-0.4, -0.2) is 33.7 Å². The van der Waals surface area contributed by atoms with E-state index < -0.39 is 0 Å². The van der Waals surface area contributed by atoms with Crippen LogP contribution in [0.5, 0.6) is 0 Å². The van der Waals surface area contributed by atoms with E-state index in [4.69, 9.17) is 0 Å². The maximum Gasteiger partial charge on any atom is 0.321 e. The average Bonchev–Trinajstić information content (AvgIpc) is 3.38. The van der Waals surface area contributed by atoms with Crippen molar-refractivity contribution < 1.29 is 9.59 Å². The minimum atomic E-state index is -0.387. The highest BCUT2D eigenvalue weighted by atomic mass is 32.2. The zero-order chi connectivity index (χ0) is 20.1. The standard InChI is InChI=1S/C21H22N4O2S2/c26-18(25-21(27)24-15-8-4-5-9-15)10-11-28-19-16-12-17(14-6-2-1-3-7-14)29-20(16)23-13-22-19/h1-3,6-7,12-13,15H,4-5,8-11H2,(H2,24,25,26,27). The number of fused-ring (bicyclic) bond motifs is 1. The smallest absolute Gasteiger partial charge is 0.321 e. The SMILES string of the molecule is O=C(CCSc1ncnc2sc(-c3ccccc3)cc12)NC(=O)NC1CCCC1. The lowest BCUT2D eigenvalue weighted by Crippen LogP contribution is -2.43. The van der Waals surface area contributed by atoms with Crippen LogP contribution in [-0.2, 0) is 4.79 Å². The first kappa shape index (κ1) is 19.8. The number of urea groups is 1. The minimum Gasteiger partial charge on any atom is -0.335 e. The second-order valence-corrected chi connectivity index (χ2v) is 9.09. The van der Waals surface area contributed by atoms with E-state index in [9.17, 15) is 9.59 Å². The van der Waals surface area contributed by atoms with Gasteiger partial charge in [-0.3, -0.25) is 10.1 Å². The Hall–Kier alpha value is -2.45. The first-order valence-corrected chi connectivity index (χ1v) is 11.5. The third-order valence-electron chi connectivity index (χ3n) is 4.86. The molecule has 0 unspecified atom stereocenters. The summed E-state index contributed by atoms with van der Waals surface area (Å²) in [6.07, 6.45) is 6.07. The lowest BCUT2D eigenvalue weighted by atomic mass is 10.2. The summed E-state index contributed by atoms with van der Waals surface area (Å²) in [6.45, 7) is 0. The van der Waals surface area contributed by atoms with E-state index in [1.165, 1.54) is 11.8 Å². The highest BCUT2D eigenvalue weighted by molar-refractivity contribution is 7.99. The van der Waals surface area contributed by atoms with Crippen molar-refractivity contribution in [1.82, 2.24) is 20.6 Å². The summed E-state index contributed by atoms with van der Waals surface area (Å²) in [7, 11) is 0. The molecule has 29 heavy (non-hydrogen) atoms. The number of carbonyl (C=O) groups is 2. The second kappa shape index (κ2) is 9.37. The summed E-state index contributed by atoms with van der Waals surface area (Å²) in [5.74, 6) is 0.277. The number of nitrogens with one attached hydrogen (secondary N) is 2. The van der Waals surface area contributed by atoms with Gasteiger partial charge < -0.3 is 5.32 Å². The molecule has 0 saturated heterocycles. The van der Waals surface area contributed by atoms with Crippen LogP contribution in [0.1, 0.15) is 32.1 Å². The average molecular weight is 427 g/mol. The van der Waals surface area contributed by atoms with Gasteiger partial charge in [0.05, 0.1) is 0 Å². The molecule has 1 saturated carbocycles. The summed E-state index contributed by atoms with van der Waals surface area (Å²) in [4.78, 5) is 34.8. The molecular formula is C21H22N4O2S2. The van der Waals surface area contributed by atoms with E-state index >= 15 is 0 Å². The summed E-state index contributed by atoms with van der Waals surface area (Å²) in [5, 5.41) is 7.14. The Kier molecular flexibility index (Phi) is 6.41. The van der Waals surface area contributed by atoms with Gasteiger partial charge in [-0.2, -0.15) is 0 Å². The van der Waals surface area contributed by atoms with Crippen molar-refractivity contribution in [3.63, 3.8) is 0 Å². The van der Waals surface area contributed by atoms with Crippen molar-refractivity contribution >= 4 is 45.3 Å². The van der Waals surface area contributed by atoms with Crippen LogP contribution in [0.3, 0.4) is 0 Å². The fourth-order valence-electron chi connectivity index (χ4n) is 3.41. The Balaban J connectivity index is 1.33. The van der Waals surface area contributed by atoms with Gasteiger partial charge in [0.25, 0.3) is 0 Å². The van der Waals surface area contributed by atoms with Gasteiger partial charge in [0.1, 0.15) is 16.2 Å². The predicted molar refractivity (Wildman–Crippen MR) is 117 cm³/mol. The fraction of sp³-hybridized carbons (Fsp3) is 0.333. The third kappa shape index (κ3) is 5.13. The molecule has 8 heteroatoms. The molecule has 1 aromatic carbocycles. The van der Waals surface area contributed by atoms with Gasteiger partial charge in [0.15, 0.2) is 0 Å². The van der Waals surface area contributed by atoms with Gasteiger partial charge in [0.2, 0.25) is 5.91 Å². The number of thiophene rings is 1. The lowest BCUT2D eigenvalue weighted by molar-refractivity contribution is -0.119. The molecule has 150 valence electrons. The van der Waals surface area contributed by atoms with Crippen LogP contribution in [0.4, 0.5) is 4.79 Å². The van der Waals surface area contributed by atoms with Crippen molar-refractivity contribution in [3.05, 3.63) is 42.7 Å². The van der Waals surface area contributed by atoms with Crippen molar-refractivity contribution in [2.45, 2.75) is 43.2 Å². The number of amides is 3. The number of hydrogen-bond acceptors (Lipinski definition) is 6. The Bertz CT molecular complexity index is 1000. The summed E-state index contributed by atoms with van der Waals surface area (Å²) in [5.41, 5.74) is 1.15. The maximum absolute atomic E-state index is 12.1. The molecule has 0 radical (unpaired) electrons. The van der Waals surface area contributed by atoms with Gasteiger partial charge in [-0.25, -0.2) is 14.8 Å². The summed E-state index contributed by atoms with van der Waals surface area (Å²) < 4.78 is 0. The molecule has 0 aliphatic heterocycles. The molecule has 4 rings (SSSR count). The highest BCUT2D eigenvalue weighted by Crippen LogP contribution is 2.36. The molecule has 1 fully saturated rings. The van der Waals surface area contributed by atoms with Crippen molar-refractivity contribution in [2.75, 3.05) is 5.75 Å². The molecule has 3 amide bonds. The van der Waals surface area contributed by atoms with Crippen molar-refractivity contribution in [3.8, 4) is 10.4 Å². The van der Waals surface area contributed by atoms with Gasteiger partial charge in [-0.1, -0.05) is 43.2 Å². The molecule has 2 N–H and O–H groups in total. The predicted octanol–water partition coefficient (Wildman–Crippen LogP) is 4.61. The number of carbonyl (C=O) groups excluding carboxylic acids is 2. The number of benzene rings is 1. The Morgan fingerprint density at radius 2 is 1.93 bits per heavy atom. The number of thioether (sulfide) groups is 1. The maximum atomic E-state index is 12.1. The van der Waals surface area contributed by atoms with E-state index in [1.807, 2.05) is 18.2 Å². The number of nitrogens with zero attached hydrogens (tertiary/aromatic N) is 2. The number of imide groups is 1. The monoisotopic (exact) mass is 426 g/mol. The number of rotatable bonds is 6. The normalized spacial score (nSPS) is 14.2. The van der Waals surface area contributed by atoms with Gasteiger partial charge in [0, 0.05) is 28.5 Å². The largest absolute Gasteiger partial charge is 0.335 e. The Morgan fingerprint density at radius 1 is 1.14 bits per heavy atom. The molecule has 2 aromatic heterocycles. The van der Waals surface area contributed by atoms with Crippen molar-refractivity contribution in [1.29, 1.82) is 0 Å². The minimum absolute atomic E-state index is 0.198. The van der Waals surface area contributed by atoms with E-state index in [2.05, 4.69) is 38.8 Å². The lowest BCUT2D eigenvalue weighted by Gasteiger charge is -2.12. The van der Waals surface area contributed by atoms with E-state index in [0.717, 1.165) is 51.4 Å². The first-order valence-electron chi connectivity index (χ1n) is 9.72. The summed E-state index contributed by atoms with van der Waals surface area (Å²) in [6, 6.07) is 12.1. The Morgan fingerprint density at radius 3 is 2.72 bits per heavy atom. The molecule has 1 aliphatic carbocycles. The topological polar surface area (TPSA) is 84.0 Å². The zero-order valence-electron chi connectivity index (χ0n) is 15.9. The van der Waals surface area contributed by atoms with Gasteiger partial charge >= 0.3 is 6.03 Å². The number of aromatic nitrogens is 2. The van der Waals surface area contributed by atoms with Crippen LogP contribution >= 0.6 is 23.1 Å². The highest BCUT2D eigenvalue weighted by Gasteiger charge is 2.18. The van der Waals surface area contributed by atoms with E-state index in [1.54, 1.807) is 17.7 Å². The molecule has 0 bridgehead atoms. The molecule has 1 aliphatic rings. The van der Waals surface area contributed by atoms with Crippen LogP contribution in [0.25, 0.3) is 20.7 Å². The van der Waals surface area contributed by atoms with E-state index in [-0.39, 0.29) is 24.4 Å².